The van der Waals surface area contributed by atoms with E-state index in [1.165, 1.54) is 0 Å². The van der Waals surface area contributed by atoms with Crippen LogP contribution in [-0.2, 0) is 15.9 Å². The Morgan fingerprint density at radius 3 is 3.05 bits per heavy atom. The predicted octanol–water partition coefficient (Wildman–Crippen LogP) is 2.10. The van der Waals surface area contributed by atoms with Crippen LogP contribution in [0.15, 0.2) is 6.07 Å². The van der Waals surface area contributed by atoms with E-state index in [2.05, 4.69) is 28.3 Å². The summed E-state index contributed by atoms with van der Waals surface area (Å²) >= 11 is 0. The van der Waals surface area contributed by atoms with Crippen molar-refractivity contribution in [3.8, 4) is 0 Å². The molecule has 3 rings (SSSR count). The van der Waals surface area contributed by atoms with Crippen LogP contribution in [0.5, 0.6) is 0 Å². The third kappa shape index (κ3) is 2.94. The average molecular weight is 277 g/mol. The van der Waals surface area contributed by atoms with Gasteiger partial charge in [-0.05, 0) is 26.2 Å². The Hall–Kier alpha value is -1.20. The highest BCUT2D eigenvalue weighted by atomic mass is 16.6. The summed E-state index contributed by atoms with van der Waals surface area (Å²) in [7, 11) is 0. The van der Waals surface area contributed by atoms with E-state index in [1.54, 1.807) is 0 Å². The molecule has 1 spiro atoms. The van der Waals surface area contributed by atoms with Gasteiger partial charge in [-0.15, -0.1) is 0 Å². The molecule has 2 saturated heterocycles. The number of rotatable bonds is 3. The van der Waals surface area contributed by atoms with Crippen LogP contribution >= 0.6 is 0 Å². The lowest BCUT2D eigenvalue weighted by atomic mass is 9.90. The second-order valence-electron chi connectivity index (χ2n) is 5.81. The van der Waals surface area contributed by atoms with E-state index in [0.29, 0.717) is 6.04 Å². The Balaban J connectivity index is 1.69. The van der Waals surface area contributed by atoms with E-state index in [1.807, 2.05) is 6.92 Å². The van der Waals surface area contributed by atoms with Crippen molar-refractivity contribution in [3.63, 3.8) is 0 Å². The van der Waals surface area contributed by atoms with Gasteiger partial charge in [0.25, 0.3) is 0 Å². The fraction of sp³-hybridized carbons (Fsp3) is 0.733. The van der Waals surface area contributed by atoms with Gasteiger partial charge in [-0.1, -0.05) is 6.92 Å². The lowest BCUT2D eigenvalue weighted by Crippen LogP contribution is -2.45. The summed E-state index contributed by atoms with van der Waals surface area (Å²) < 4.78 is 11.5. The third-order valence-corrected chi connectivity index (χ3v) is 4.17. The van der Waals surface area contributed by atoms with Crippen LogP contribution in [-0.4, -0.2) is 41.4 Å². The van der Waals surface area contributed by atoms with E-state index < -0.39 is 0 Å². The topological polar surface area (TPSA) is 56.3 Å². The van der Waals surface area contributed by atoms with E-state index >= 15 is 0 Å². The first-order valence-corrected chi connectivity index (χ1v) is 7.52. The molecule has 0 aliphatic carbocycles. The highest BCUT2D eigenvalue weighted by Crippen LogP contribution is 2.33. The summed E-state index contributed by atoms with van der Waals surface area (Å²) in [5.41, 5.74) is 1.02. The third-order valence-electron chi connectivity index (χ3n) is 4.17. The van der Waals surface area contributed by atoms with Gasteiger partial charge in [0.05, 0.1) is 12.2 Å². The van der Waals surface area contributed by atoms with E-state index in [-0.39, 0.29) is 5.60 Å². The van der Waals surface area contributed by atoms with Crippen molar-refractivity contribution < 1.29 is 9.47 Å². The molecular formula is C15H23N3O2. The van der Waals surface area contributed by atoms with Crippen molar-refractivity contribution in [2.24, 2.45) is 0 Å². The Morgan fingerprint density at radius 1 is 1.40 bits per heavy atom. The van der Waals surface area contributed by atoms with Crippen LogP contribution in [0.1, 0.15) is 37.7 Å². The lowest BCUT2D eigenvalue weighted by molar-refractivity contribution is -0.0829. The highest BCUT2D eigenvalue weighted by Gasteiger charge is 2.41. The minimum Gasteiger partial charge on any atom is -0.378 e. The smallest absolute Gasteiger partial charge is 0.130 e. The van der Waals surface area contributed by atoms with Crippen LogP contribution in [0.4, 0.5) is 5.82 Å². The summed E-state index contributed by atoms with van der Waals surface area (Å²) in [5.74, 6) is 1.77. The number of aryl methyl sites for hydroxylation is 2. The Morgan fingerprint density at radius 2 is 2.30 bits per heavy atom. The minimum atomic E-state index is -0.0639. The first-order chi connectivity index (χ1) is 9.69. The fourth-order valence-corrected chi connectivity index (χ4v) is 3.11. The SMILES string of the molecule is CCc1cc(NC2CCOC3(CCOC3)C2)nc(C)n1. The zero-order chi connectivity index (χ0) is 14.0. The number of nitrogens with one attached hydrogen (secondary N) is 1. The van der Waals surface area contributed by atoms with Crippen molar-refractivity contribution in [2.45, 2.75) is 51.2 Å². The molecule has 3 heterocycles. The molecule has 0 saturated carbocycles. The van der Waals surface area contributed by atoms with E-state index in [9.17, 15) is 0 Å². The standard InChI is InChI=1S/C15H23N3O2/c1-3-12-8-14(17-11(2)16-12)18-13-4-6-20-15(9-13)5-7-19-10-15/h8,13H,3-7,9-10H2,1-2H3,(H,16,17,18). The lowest BCUT2D eigenvalue weighted by Gasteiger charge is -2.37. The van der Waals surface area contributed by atoms with Crippen molar-refractivity contribution in [1.29, 1.82) is 0 Å². The zero-order valence-electron chi connectivity index (χ0n) is 12.3. The van der Waals surface area contributed by atoms with Gasteiger partial charge in [0.2, 0.25) is 0 Å². The average Bonchev–Trinajstić information content (AvgIpc) is 2.86. The number of anilines is 1. The molecule has 2 aliphatic heterocycles. The number of hydrogen-bond donors (Lipinski definition) is 1. The van der Waals surface area contributed by atoms with Crippen molar-refractivity contribution >= 4 is 5.82 Å². The van der Waals surface area contributed by atoms with Crippen molar-refractivity contribution in [1.82, 2.24) is 9.97 Å². The number of nitrogens with zero attached hydrogens (tertiary/aromatic N) is 2. The van der Waals surface area contributed by atoms with Crippen molar-refractivity contribution in [3.05, 3.63) is 17.6 Å². The summed E-state index contributed by atoms with van der Waals surface area (Å²) in [6.45, 7) is 6.41. The van der Waals surface area contributed by atoms with Crippen LogP contribution < -0.4 is 5.32 Å². The van der Waals surface area contributed by atoms with Crippen molar-refractivity contribution in [2.75, 3.05) is 25.1 Å². The molecule has 2 fully saturated rings. The second kappa shape index (κ2) is 5.66. The molecule has 0 aromatic carbocycles. The molecule has 5 heteroatoms. The Labute approximate surface area is 120 Å². The maximum Gasteiger partial charge on any atom is 0.130 e. The maximum atomic E-state index is 5.97. The molecule has 2 aliphatic rings. The van der Waals surface area contributed by atoms with Gasteiger partial charge in [0.15, 0.2) is 0 Å². The Kier molecular flexibility index (Phi) is 3.89. The molecule has 1 N–H and O–H groups in total. The predicted molar refractivity (Wildman–Crippen MR) is 76.9 cm³/mol. The minimum absolute atomic E-state index is 0.0639. The van der Waals surface area contributed by atoms with Crippen LogP contribution in [0.3, 0.4) is 0 Å². The van der Waals surface area contributed by atoms with Gasteiger partial charge in [-0.2, -0.15) is 0 Å². The molecule has 0 bridgehead atoms. The monoisotopic (exact) mass is 277 g/mol. The van der Waals surface area contributed by atoms with Gasteiger partial charge in [-0.3, -0.25) is 0 Å². The van der Waals surface area contributed by atoms with Gasteiger partial charge in [-0.25, -0.2) is 9.97 Å². The molecule has 0 amide bonds. The number of hydrogen-bond acceptors (Lipinski definition) is 5. The normalized spacial score (nSPS) is 29.8. The Bertz CT molecular complexity index is 472. The van der Waals surface area contributed by atoms with E-state index in [0.717, 1.165) is 62.8 Å². The molecule has 0 radical (unpaired) electrons. The van der Waals surface area contributed by atoms with Gasteiger partial charge in [0, 0.05) is 37.4 Å². The van der Waals surface area contributed by atoms with Crippen LogP contribution in [0, 0.1) is 6.92 Å². The number of ether oxygens (including phenoxy) is 2. The van der Waals surface area contributed by atoms with Gasteiger partial charge >= 0.3 is 0 Å². The molecule has 5 nitrogen and oxygen atoms in total. The molecule has 110 valence electrons. The first kappa shape index (κ1) is 13.8. The summed E-state index contributed by atoms with van der Waals surface area (Å²) in [6.07, 6.45) is 3.96. The zero-order valence-corrected chi connectivity index (χ0v) is 12.3. The molecular weight excluding hydrogens is 254 g/mol. The summed E-state index contributed by atoms with van der Waals surface area (Å²) in [6, 6.07) is 2.46. The summed E-state index contributed by atoms with van der Waals surface area (Å²) in [5, 5.41) is 3.56. The van der Waals surface area contributed by atoms with Gasteiger partial charge < -0.3 is 14.8 Å². The first-order valence-electron chi connectivity index (χ1n) is 7.52. The molecule has 2 atom stereocenters. The van der Waals surface area contributed by atoms with Crippen LogP contribution in [0.25, 0.3) is 0 Å². The highest BCUT2D eigenvalue weighted by molar-refractivity contribution is 5.37. The van der Waals surface area contributed by atoms with Crippen LogP contribution in [0.2, 0.25) is 0 Å². The largest absolute Gasteiger partial charge is 0.378 e. The number of aromatic nitrogens is 2. The molecule has 1 aromatic rings. The maximum absolute atomic E-state index is 5.97. The molecule has 1 aromatic heterocycles. The molecule has 20 heavy (non-hydrogen) atoms. The van der Waals surface area contributed by atoms with E-state index in [4.69, 9.17) is 9.47 Å². The molecule has 2 unspecified atom stereocenters. The van der Waals surface area contributed by atoms with Gasteiger partial charge in [0.1, 0.15) is 11.6 Å². The summed E-state index contributed by atoms with van der Waals surface area (Å²) in [4.78, 5) is 8.92. The fourth-order valence-electron chi connectivity index (χ4n) is 3.11. The second-order valence-corrected chi connectivity index (χ2v) is 5.81. The quantitative estimate of drug-likeness (QED) is 0.917.